The minimum Gasteiger partial charge on any atom is -0.459 e. The number of anilines is 1. The fourth-order valence-electron chi connectivity index (χ4n) is 3.47. The van der Waals surface area contributed by atoms with Crippen molar-refractivity contribution in [3.05, 3.63) is 77.7 Å². The molecule has 0 radical (unpaired) electrons. The van der Waals surface area contributed by atoms with E-state index in [0.29, 0.717) is 41.7 Å². The molecule has 1 N–H and O–H groups in total. The van der Waals surface area contributed by atoms with Gasteiger partial charge in [-0.15, -0.1) is 0 Å². The number of likely N-dealkylation sites (tertiary alicyclic amines) is 1. The van der Waals surface area contributed by atoms with Crippen molar-refractivity contribution in [1.82, 2.24) is 4.90 Å². The maximum atomic E-state index is 13.0. The average molecular weight is 425 g/mol. The van der Waals surface area contributed by atoms with Crippen LogP contribution in [0.3, 0.4) is 0 Å². The lowest BCUT2D eigenvalue weighted by Gasteiger charge is -2.31. The Kier molecular flexibility index (Phi) is 6.05. The Bertz CT molecular complexity index is 1020. The van der Waals surface area contributed by atoms with Crippen molar-refractivity contribution in [1.29, 1.82) is 0 Å². The third kappa shape index (κ3) is 4.66. The SMILES string of the molecule is O=C(Nc1cc(Cl)ccc1Oc1ccccc1)C1CCCN(C(=O)c2ccco2)C1. The molecule has 0 saturated carbocycles. The maximum absolute atomic E-state index is 13.0. The van der Waals surface area contributed by atoms with Gasteiger partial charge >= 0.3 is 0 Å². The summed E-state index contributed by atoms with van der Waals surface area (Å²) in [6.07, 6.45) is 2.91. The second-order valence-corrected chi connectivity index (χ2v) is 7.55. The van der Waals surface area contributed by atoms with Crippen LogP contribution in [0.2, 0.25) is 5.02 Å². The second-order valence-electron chi connectivity index (χ2n) is 7.11. The van der Waals surface area contributed by atoms with Gasteiger partial charge in [0, 0.05) is 18.1 Å². The van der Waals surface area contributed by atoms with Crippen molar-refractivity contribution < 1.29 is 18.7 Å². The molecule has 0 bridgehead atoms. The first-order valence-corrected chi connectivity index (χ1v) is 10.1. The van der Waals surface area contributed by atoms with Crippen LogP contribution in [0.5, 0.6) is 11.5 Å². The molecule has 3 aromatic rings. The molecule has 1 aliphatic heterocycles. The molecule has 0 aliphatic carbocycles. The van der Waals surface area contributed by atoms with Gasteiger partial charge in [0.15, 0.2) is 11.5 Å². The Balaban J connectivity index is 1.46. The van der Waals surface area contributed by atoms with E-state index in [1.165, 1.54) is 6.26 Å². The lowest BCUT2D eigenvalue weighted by atomic mass is 9.96. The number of para-hydroxylation sites is 1. The van der Waals surface area contributed by atoms with Crippen LogP contribution in [0.1, 0.15) is 23.4 Å². The molecule has 7 heteroatoms. The van der Waals surface area contributed by atoms with Crippen LogP contribution >= 0.6 is 11.6 Å². The first-order valence-electron chi connectivity index (χ1n) is 9.76. The largest absolute Gasteiger partial charge is 0.459 e. The van der Waals surface area contributed by atoms with Crippen molar-refractivity contribution in [3.8, 4) is 11.5 Å². The quantitative estimate of drug-likeness (QED) is 0.609. The van der Waals surface area contributed by atoms with Crippen LogP contribution in [-0.2, 0) is 4.79 Å². The van der Waals surface area contributed by atoms with E-state index in [-0.39, 0.29) is 23.5 Å². The predicted octanol–water partition coefficient (Wildman–Crippen LogP) is 5.22. The average Bonchev–Trinajstić information content (AvgIpc) is 3.31. The van der Waals surface area contributed by atoms with Crippen molar-refractivity contribution >= 4 is 29.1 Å². The van der Waals surface area contributed by atoms with Crippen LogP contribution in [0.15, 0.2) is 71.3 Å². The predicted molar refractivity (Wildman–Crippen MR) is 114 cm³/mol. The molecule has 1 atom stereocenters. The Morgan fingerprint density at radius 1 is 1.10 bits per heavy atom. The summed E-state index contributed by atoms with van der Waals surface area (Å²) in [5.41, 5.74) is 0.492. The molecule has 4 rings (SSSR count). The summed E-state index contributed by atoms with van der Waals surface area (Å²) >= 11 is 6.14. The number of amides is 2. The topological polar surface area (TPSA) is 71.8 Å². The number of halogens is 1. The molecule has 0 spiro atoms. The summed E-state index contributed by atoms with van der Waals surface area (Å²) in [6, 6.07) is 17.7. The van der Waals surface area contributed by atoms with Gasteiger partial charge in [-0.3, -0.25) is 9.59 Å². The molecule has 2 aromatic carbocycles. The highest BCUT2D eigenvalue weighted by Gasteiger charge is 2.30. The Morgan fingerprint density at radius 3 is 2.70 bits per heavy atom. The van der Waals surface area contributed by atoms with E-state index in [0.717, 1.165) is 6.42 Å². The van der Waals surface area contributed by atoms with Crippen LogP contribution in [0.4, 0.5) is 5.69 Å². The van der Waals surface area contributed by atoms with Gasteiger partial charge in [0.05, 0.1) is 17.9 Å². The van der Waals surface area contributed by atoms with Gasteiger partial charge < -0.3 is 19.4 Å². The highest BCUT2D eigenvalue weighted by molar-refractivity contribution is 6.31. The van der Waals surface area contributed by atoms with Gasteiger partial charge in [0.25, 0.3) is 5.91 Å². The number of furan rings is 1. The molecule has 1 fully saturated rings. The van der Waals surface area contributed by atoms with Gasteiger partial charge in [-0.1, -0.05) is 29.8 Å². The fourth-order valence-corrected chi connectivity index (χ4v) is 3.64. The Morgan fingerprint density at radius 2 is 1.93 bits per heavy atom. The molecule has 1 aromatic heterocycles. The van der Waals surface area contributed by atoms with Crippen molar-refractivity contribution in [2.45, 2.75) is 12.8 Å². The van der Waals surface area contributed by atoms with Crippen molar-refractivity contribution in [2.75, 3.05) is 18.4 Å². The highest BCUT2D eigenvalue weighted by atomic mass is 35.5. The molecular formula is C23H21ClN2O4. The molecule has 154 valence electrons. The van der Waals surface area contributed by atoms with Crippen molar-refractivity contribution in [3.63, 3.8) is 0 Å². The van der Waals surface area contributed by atoms with Crippen LogP contribution < -0.4 is 10.1 Å². The molecule has 1 saturated heterocycles. The van der Waals surface area contributed by atoms with E-state index in [1.54, 1.807) is 35.2 Å². The fraction of sp³-hybridized carbons (Fsp3) is 0.217. The lowest BCUT2D eigenvalue weighted by Crippen LogP contribution is -2.43. The zero-order chi connectivity index (χ0) is 20.9. The van der Waals surface area contributed by atoms with Gasteiger partial charge in [0.1, 0.15) is 5.75 Å². The number of nitrogens with one attached hydrogen (secondary N) is 1. The van der Waals surface area contributed by atoms with E-state index < -0.39 is 0 Å². The number of nitrogens with zero attached hydrogens (tertiary/aromatic N) is 1. The number of hydrogen-bond acceptors (Lipinski definition) is 4. The number of piperidine rings is 1. The van der Waals surface area contributed by atoms with Gasteiger partial charge in [-0.25, -0.2) is 0 Å². The third-order valence-electron chi connectivity index (χ3n) is 4.98. The van der Waals surface area contributed by atoms with Gasteiger partial charge in [-0.2, -0.15) is 0 Å². The van der Waals surface area contributed by atoms with Crippen LogP contribution in [0, 0.1) is 5.92 Å². The molecule has 30 heavy (non-hydrogen) atoms. The summed E-state index contributed by atoms with van der Waals surface area (Å²) in [5, 5.41) is 3.42. The normalized spacial score (nSPS) is 16.2. The number of hydrogen-bond donors (Lipinski definition) is 1. The van der Waals surface area contributed by atoms with E-state index in [9.17, 15) is 9.59 Å². The lowest BCUT2D eigenvalue weighted by molar-refractivity contribution is -0.121. The molecule has 1 unspecified atom stereocenters. The Hall–Kier alpha value is -3.25. The minimum atomic E-state index is -0.332. The zero-order valence-electron chi connectivity index (χ0n) is 16.2. The number of carbonyl (C=O) groups excluding carboxylic acids is 2. The summed E-state index contributed by atoms with van der Waals surface area (Å²) in [6.45, 7) is 0.934. The summed E-state index contributed by atoms with van der Waals surface area (Å²) in [7, 11) is 0. The number of ether oxygens (including phenoxy) is 1. The number of carbonyl (C=O) groups is 2. The minimum absolute atomic E-state index is 0.174. The van der Waals surface area contributed by atoms with Crippen LogP contribution in [0.25, 0.3) is 0 Å². The van der Waals surface area contributed by atoms with Gasteiger partial charge in [-0.05, 0) is 55.3 Å². The van der Waals surface area contributed by atoms with E-state index >= 15 is 0 Å². The third-order valence-corrected chi connectivity index (χ3v) is 5.22. The molecule has 1 aliphatic rings. The first kappa shape index (κ1) is 20.0. The summed E-state index contributed by atoms with van der Waals surface area (Å²) < 4.78 is 11.1. The van der Waals surface area contributed by atoms with E-state index in [1.807, 2.05) is 30.3 Å². The van der Waals surface area contributed by atoms with Gasteiger partial charge in [0.2, 0.25) is 5.91 Å². The number of rotatable bonds is 5. The summed E-state index contributed by atoms with van der Waals surface area (Å²) in [4.78, 5) is 27.2. The van der Waals surface area contributed by atoms with Crippen molar-refractivity contribution in [2.24, 2.45) is 5.92 Å². The molecule has 2 amide bonds. The van der Waals surface area contributed by atoms with E-state index in [2.05, 4.69) is 5.32 Å². The first-order chi connectivity index (χ1) is 14.6. The Labute approximate surface area is 179 Å². The van der Waals surface area contributed by atoms with E-state index in [4.69, 9.17) is 20.8 Å². The highest BCUT2D eigenvalue weighted by Crippen LogP contribution is 2.33. The number of benzene rings is 2. The standard InChI is InChI=1S/C23H21ClN2O4/c24-17-10-11-20(30-18-7-2-1-3-8-18)19(14-17)25-22(27)16-6-4-12-26(15-16)23(28)21-9-5-13-29-21/h1-3,5,7-11,13-14,16H,4,6,12,15H2,(H,25,27). The summed E-state index contributed by atoms with van der Waals surface area (Å²) in [5.74, 6) is 0.729. The second kappa shape index (κ2) is 9.05. The molecule has 6 nitrogen and oxygen atoms in total. The maximum Gasteiger partial charge on any atom is 0.289 e. The molecule has 2 heterocycles. The smallest absolute Gasteiger partial charge is 0.289 e. The monoisotopic (exact) mass is 424 g/mol. The molecular weight excluding hydrogens is 404 g/mol. The zero-order valence-corrected chi connectivity index (χ0v) is 17.0. The van der Waals surface area contributed by atoms with Crippen LogP contribution in [-0.4, -0.2) is 29.8 Å².